The molecule has 0 bridgehead atoms. The summed E-state index contributed by atoms with van der Waals surface area (Å²) in [6.07, 6.45) is 13.6. The average molecular weight is 859 g/mol. The summed E-state index contributed by atoms with van der Waals surface area (Å²) in [6, 6.07) is 10.6. The Morgan fingerprint density at radius 3 is 2.53 bits per heavy atom. The molecule has 15 heteroatoms. The van der Waals surface area contributed by atoms with Crippen LogP contribution in [-0.4, -0.2) is 95.4 Å². The van der Waals surface area contributed by atoms with Gasteiger partial charge < -0.3 is 44.2 Å². The van der Waals surface area contributed by atoms with Crippen LogP contribution < -0.4 is 14.8 Å². The van der Waals surface area contributed by atoms with E-state index in [-0.39, 0.29) is 55.6 Å². The van der Waals surface area contributed by atoms with Crippen molar-refractivity contribution in [2.24, 2.45) is 22.9 Å². The number of non-ortho nitro benzene ring substituents is 1. The summed E-state index contributed by atoms with van der Waals surface area (Å²) in [5, 5.41) is 38.7. The molecule has 336 valence electrons. The monoisotopic (exact) mass is 858 g/mol. The highest BCUT2D eigenvalue weighted by Crippen LogP contribution is 2.62. The number of allylic oxidation sites excluding steroid dienone is 1. The second kappa shape index (κ2) is 22.3. The Morgan fingerprint density at radius 2 is 1.85 bits per heavy atom. The third kappa shape index (κ3) is 10.7. The van der Waals surface area contributed by atoms with Gasteiger partial charge >= 0.3 is 6.09 Å². The van der Waals surface area contributed by atoms with Crippen LogP contribution >= 0.6 is 0 Å². The summed E-state index contributed by atoms with van der Waals surface area (Å²) in [5.41, 5.74) is 2.92. The molecule has 15 nitrogen and oxygen atoms in total. The topological polar surface area (TPSA) is 192 Å². The molecular formula is C47H62N4O11. The highest BCUT2D eigenvalue weighted by Gasteiger charge is 2.65. The van der Waals surface area contributed by atoms with Gasteiger partial charge in [-0.05, 0) is 111 Å². The van der Waals surface area contributed by atoms with Gasteiger partial charge in [0.1, 0.15) is 17.5 Å². The van der Waals surface area contributed by atoms with Crippen molar-refractivity contribution in [3.05, 3.63) is 94.1 Å². The minimum absolute atomic E-state index is 0.0122. The van der Waals surface area contributed by atoms with Crippen LogP contribution in [0.3, 0.4) is 0 Å². The van der Waals surface area contributed by atoms with Crippen molar-refractivity contribution < 1.29 is 48.5 Å². The lowest BCUT2D eigenvalue weighted by atomic mass is 9.55. The van der Waals surface area contributed by atoms with Gasteiger partial charge in [-0.25, -0.2) is 4.79 Å². The Balaban J connectivity index is 1.55. The number of aliphatic hydroxyl groups is 2. The maximum Gasteiger partial charge on any atom is 0.412 e. The van der Waals surface area contributed by atoms with Crippen molar-refractivity contribution in [1.82, 2.24) is 10.2 Å². The molecule has 2 aliphatic carbocycles. The number of carbonyl (C=O) groups is 2. The molecule has 2 aromatic rings. The quantitative estimate of drug-likeness (QED) is 0.0365. The summed E-state index contributed by atoms with van der Waals surface area (Å²) in [7, 11) is 0. The largest absolute Gasteiger partial charge is 0.459 e. The first-order chi connectivity index (χ1) is 30.2. The first kappa shape index (κ1) is 46.4. The van der Waals surface area contributed by atoms with Crippen molar-refractivity contribution in [2.75, 3.05) is 39.5 Å². The summed E-state index contributed by atoms with van der Waals surface area (Å²) >= 11 is 0. The zero-order valence-electron chi connectivity index (χ0n) is 36.0. The maximum atomic E-state index is 14.7. The third-order valence-electron chi connectivity index (χ3n) is 12.2. The predicted octanol–water partition coefficient (Wildman–Crippen LogP) is 7.82. The number of unbranched alkanes of at least 4 members (excludes halogenated alkanes) is 2. The molecule has 7 atom stereocenters. The van der Waals surface area contributed by atoms with E-state index in [0.29, 0.717) is 68.2 Å². The summed E-state index contributed by atoms with van der Waals surface area (Å²) < 4.78 is 26.0. The number of carbonyl (C=O) groups excluding carboxylic acids is 2. The maximum absolute atomic E-state index is 14.7. The number of nitrogens with zero attached hydrogens (tertiary/aromatic N) is 3. The first-order valence-electron chi connectivity index (χ1n) is 22.2. The van der Waals surface area contributed by atoms with Gasteiger partial charge in [0.2, 0.25) is 18.0 Å². The molecule has 2 aromatic carbocycles. The summed E-state index contributed by atoms with van der Waals surface area (Å²) in [4.78, 5) is 46.3. The van der Waals surface area contributed by atoms with Crippen LogP contribution in [0.5, 0.6) is 11.5 Å². The number of nitro benzene ring substituents is 1. The summed E-state index contributed by atoms with van der Waals surface area (Å²) in [6.45, 7) is 9.33. The lowest BCUT2D eigenvalue weighted by Crippen LogP contribution is -2.70. The minimum Gasteiger partial charge on any atom is -0.459 e. The molecule has 6 rings (SSSR count). The predicted molar refractivity (Wildman–Crippen MR) is 233 cm³/mol. The molecule has 2 aliphatic heterocycles. The van der Waals surface area contributed by atoms with Crippen molar-refractivity contribution >= 4 is 29.5 Å². The number of hydrogen-bond donors (Lipinski definition) is 3. The van der Waals surface area contributed by atoms with E-state index in [1.165, 1.54) is 18.2 Å². The Labute approximate surface area is 363 Å². The number of fused-ring (bicyclic) bond motifs is 2. The van der Waals surface area contributed by atoms with Gasteiger partial charge in [-0.2, -0.15) is 0 Å². The number of amides is 2. The second-order valence-corrected chi connectivity index (χ2v) is 16.3. The van der Waals surface area contributed by atoms with Gasteiger partial charge in [0, 0.05) is 68.8 Å². The molecule has 0 spiro atoms. The van der Waals surface area contributed by atoms with E-state index < -0.39 is 35.1 Å². The van der Waals surface area contributed by atoms with Gasteiger partial charge in [-0.3, -0.25) is 14.9 Å². The van der Waals surface area contributed by atoms with Crippen molar-refractivity contribution in [3.63, 3.8) is 0 Å². The standard InChI is InChI=1S/C47H62N4O11/c1-4-24-50(42(54)23-18-32-16-19-34(20-17-32)51(56)57)41-31-39(49-62-43-15-9-12-28-58-43)37-29-33(13-7-10-25-52)36(14-8-11-26-53)44-38-30-35(60-46(55)48-6-3)21-22-40(38)61-47(41,45(37)44)59-27-5-2/h5,16-23,29-30,33,36,41,43-45,52-53H,2,4,6-15,24-28,31H2,1,3H3,(H,48,55)/t33-,36+,41-,43?,44+,45+,47+/m0/s1. The molecule has 2 fully saturated rings. The van der Waals surface area contributed by atoms with Crippen LogP contribution in [0.4, 0.5) is 10.5 Å². The molecule has 1 unspecified atom stereocenters. The van der Waals surface area contributed by atoms with Crippen LogP contribution in [0.15, 0.2) is 78.0 Å². The van der Waals surface area contributed by atoms with E-state index in [1.54, 1.807) is 41.3 Å². The van der Waals surface area contributed by atoms with E-state index in [1.807, 2.05) is 19.9 Å². The van der Waals surface area contributed by atoms with Gasteiger partial charge in [0.15, 0.2) is 0 Å². The van der Waals surface area contributed by atoms with Gasteiger partial charge in [-0.1, -0.05) is 37.1 Å². The molecule has 62 heavy (non-hydrogen) atoms. The average Bonchev–Trinajstić information content (AvgIpc) is 3.28. The van der Waals surface area contributed by atoms with Crippen LogP contribution in [0.1, 0.15) is 102 Å². The molecular weight excluding hydrogens is 797 g/mol. The molecule has 1 saturated heterocycles. The molecule has 2 heterocycles. The zero-order valence-corrected chi connectivity index (χ0v) is 36.0. The van der Waals surface area contributed by atoms with E-state index in [2.05, 4.69) is 18.0 Å². The van der Waals surface area contributed by atoms with Crippen LogP contribution in [0.25, 0.3) is 6.08 Å². The van der Waals surface area contributed by atoms with Crippen LogP contribution in [-0.2, 0) is 19.1 Å². The molecule has 3 N–H and O–H groups in total. The van der Waals surface area contributed by atoms with E-state index >= 15 is 0 Å². The summed E-state index contributed by atoms with van der Waals surface area (Å²) in [5.74, 6) is -1.79. The molecule has 0 radical (unpaired) electrons. The molecule has 1 saturated carbocycles. The van der Waals surface area contributed by atoms with Gasteiger partial charge in [0.05, 0.1) is 29.8 Å². The lowest BCUT2D eigenvalue weighted by molar-refractivity contribution is -0.384. The van der Waals surface area contributed by atoms with Gasteiger partial charge in [-0.15, -0.1) is 6.58 Å². The number of aliphatic hydroxyl groups excluding tert-OH is 2. The Hall–Kier alpha value is -5.09. The number of nitro groups is 1. The fourth-order valence-electron chi connectivity index (χ4n) is 9.55. The number of oxime groups is 1. The highest BCUT2D eigenvalue weighted by atomic mass is 16.8. The molecule has 4 aliphatic rings. The number of nitrogens with one attached hydrogen (secondary N) is 1. The van der Waals surface area contributed by atoms with Crippen molar-refractivity contribution in [3.8, 4) is 11.5 Å². The second-order valence-electron chi connectivity index (χ2n) is 16.3. The lowest BCUT2D eigenvalue weighted by Gasteiger charge is -2.60. The first-order valence-corrected chi connectivity index (χ1v) is 22.2. The van der Waals surface area contributed by atoms with Crippen molar-refractivity contribution in [2.45, 2.75) is 109 Å². The fraction of sp³-hybridized carbons (Fsp3) is 0.553. The Bertz CT molecular complexity index is 1950. The molecule has 2 amide bonds. The van der Waals surface area contributed by atoms with Gasteiger partial charge in [0.25, 0.3) is 5.69 Å². The van der Waals surface area contributed by atoms with E-state index in [9.17, 15) is 29.9 Å². The van der Waals surface area contributed by atoms with Crippen LogP contribution in [0, 0.1) is 27.9 Å². The Kier molecular flexibility index (Phi) is 16.7. The van der Waals surface area contributed by atoms with E-state index in [4.69, 9.17) is 28.9 Å². The number of ether oxygens (including phenoxy) is 4. The van der Waals surface area contributed by atoms with Crippen LogP contribution in [0.2, 0.25) is 0 Å². The fourth-order valence-corrected chi connectivity index (χ4v) is 9.55. The zero-order chi connectivity index (χ0) is 44.1. The Morgan fingerprint density at radius 1 is 1.08 bits per heavy atom. The highest BCUT2D eigenvalue weighted by molar-refractivity contribution is 6.03. The minimum atomic E-state index is -1.47. The smallest absolute Gasteiger partial charge is 0.412 e. The number of benzene rings is 2. The number of hydrogen-bond acceptors (Lipinski definition) is 12. The normalized spacial score (nSPS) is 25.8. The van der Waals surface area contributed by atoms with E-state index in [0.717, 1.165) is 49.7 Å². The number of rotatable bonds is 21. The SMILES string of the molecule is C=CCO[C@@]12Oc3ccc(OC(=O)NCC)cc3[C@H]3[C@H](CCCCO)[C@@H](CCCCO)C=C(C(=NOC4CCCCO4)C[C@@H]1N(CCC)C(=O)C=Cc1ccc([N+](=O)[O-])cc1)[C@H]32. The van der Waals surface area contributed by atoms with Crippen molar-refractivity contribution in [1.29, 1.82) is 0 Å². The third-order valence-corrected chi connectivity index (χ3v) is 12.2. The molecule has 0 aromatic heterocycles.